The van der Waals surface area contributed by atoms with Gasteiger partial charge in [-0.25, -0.2) is 0 Å². The van der Waals surface area contributed by atoms with Crippen molar-refractivity contribution in [1.29, 1.82) is 0 Å². The smallest absolute Gasteiger partial charge is 0.0858 e. The fraction of sp³-hybridized carbons (Fsp3) is 0.294. The van der Waals surface area contributed by atoms with E-state index in [1.54, 1.807) is 6.07 Å². The first-order valence-corrected chi connectivity index (χ1v) is 7.57. The number of benzene rings is 2. The van der Waals surface area contributed by atoms with E-state index < -0.39 is 6.10 Å². The van der Waals surface area contributed by atoms with Gasteiger partial charge in [0.2, 0.25) is 0 Å². The van der Waals surface area contributed by atoms with Gasteiger partial charge in [0, 0.05) is 5.92 Å². The molecule has 0 heterocycles. The Bertz CT molecular complexity index is 554. The number of aliphatic hydroxyl groups is 1. The van der Waals surface area contributed by atoms with Gasteiger partial charge in [-0.05, 0) is 29.7 Å². The first-order valence-electron chi connectivity index (χ1n) is 6.81. The molecular weight excluding hydrogens is 291 g/mol. The SMILES string of the molecule is CCC[C@H](c1ccc(Cl)c(Cl)c1)[C@@H](O)c1ccccc1. The molecular formula is C17H18Cl2O. The lowest BCUT2D eigenvalue weighted by atomic mass is 9.86. The Labute approximate surface area is 130 Å². The molecule has 0 radical (unpaired) electrons. The molecule has 106 valence electrons. The molecule has 0 aliphatic carbocycles. The summed E-state index contributed by atoms with van der Waals surface area (Å²) in [6.07, 6.45) is 1.36. The van der Waals surface area contributed by atoms with Gasteiger partial charge in [-0.1, -0.05) is 72.9 Å². The van der Waals surface area contributed by atoms with Gasteiger partial charge in [-0.2, -0.15) is 0 Å². The van der Waals surface area contributed by atoms with Crippen molar-refractivity contribution >= 4 is 23.2 Å². The Balaban J connectivity index is 2.33. The summed E-state index contributed by atoms with van der Waals surface area (Å²) >= 11 is 12.1. The topological polar surface area (TPSA) is 20.2 Å². The number of aliphatic hydroxyl groups excluding tert-OH is 1. The average Bonchev–Trinajstić information content (AvgIpc) is 2.48. The lowest BCUT2D eigenvalue weighted by Gasteiger charge is -2.24. The molecule has 0 unspecified atom stereocenters. The second-order valence-electron chi connectivity index (χ2n) is 4.92. The van der Waals surface area contributed by atoms with Gasteiger partial charge < -0.3 is 5.11 Å². The lowest BCUT2D eigenvalue weighted by molar-refractivity contribution is 0.140. The lowest BCUT2D eigenvalue weighted by Crippen LogP contribution is -2.11. The van der Waals surface area contributed by atoms with Crippen LogP contribution in [0.4, 0.5) is 0 Å². The van der Waals surface area contributed by atoms with Crippen LogP contribution < -0.4 is 0 Å². The van der Waals surface area contributed by atoms with E-state index in [0.29, 0.717) is 10.0 Å². The highest BCUT2D eigenvalue weighted by Gasteiger charge is 2.22. The third-order valence-electron chi connectivity index (χ3n) is 3.49. The van der Waals surface area contributed by atoms with Gasteiger partial charge in [-0.15, -0.1) is 0 Å². The molecule has 1 N–H and O–H groups in total. The molecule has 2 aromatic rings. The Kier molecular flexibility index (Phi) is 5.47. The van der Waals surface area contributed by atoms with Gasteiger partial charge in [0.15, 0.2) is 0 Å². The van der Waals surface area contributed by atoms with Crippen molar-refractivity contribution in [3.05, 3.63) is 69.7 Å². The van der Waals surface area contributed by atoms with Gasteiger partial charge in [0.25, 0.3) is 0 Å². The van der Waals surface area contributed by atoms with Gasteiger partial charge in [0.05, 0.1) is 16.1 Å². The fourth-order valence-corrected chi connectivity index (χ4v) is 2.75. The molecule has 0 aliphatic rings. The van der Waals surface area contributed by atoms with Crippen LogP contribution in [0.1, 0.15) is 42.9 Å². The first kappa shape index (κ1) is 15.4. The summed E-state index contributed by atoms with van der Waals surface area (Å²) in [5, 5.41) is 11.7. The van der Waals surface area contributed by atoms with Gasteiger partial charge >= 0.3 is 0 Å². The maximum absolute atomic E-state index is 10.6. The van der Waals surface area contributed by atoms with E-state index in [0.717, 1.165) is 24.0 Å². The summed E-state index contributed by atoms with van der Waals surface area (Å²) < 4.78 is 0. The monoisotopic (exact) mass is 308 g/mol. The molecule has 0 aliphatic heterocycles. The van der Waals surface area contributed by atoms with Crippen LogP contribution in [0.25, 0.3) is 0 Å². The average molecular weight is 309 g/mol. The molecule has 2 rings (SSSR count). The quantitative estimate of drug-likeness (QED) is 0.761. The molecule has 0 saturated heterocycles. The Hall–Kier alpha value is -1.02. The standard InChI is InChI=1S/C17H18Cl2O/c1-2-6-14(13-9-10-15(18)16(19)11-13)17(20)12-7-4-3-5-8-12/h3-5,7-11,14,17,20H,2,6H2,1H3/t14-,17+/m1/s1. The van der Waals surface area contributed by atoms with Crippen molar-refractivity contribution in [1.82, 2.24) is 0 Å². The molecule has 20 heavy (non-hydrogen) atoms. The number of hydrogen-bond donors (Lipinski definition) is 1. The molecule has 3 heteroatoms. The minimum atomic E-state index is -0.534. The third kappa shape index (κ3) is 3.54. The van der Waals surface area contributed by atoms with Crippen LogP contribution in [-0.2, 0) is 0 Å². The summed E-state index contributed by atoms with van der Waals surface area (Å²) in [5.74, 6) is 0.0252. The molecule has 2 aromatic carbocycles. The van der Waals surface area contributed by atoms with E-state index >= 15 is 0 Å². The van der Waals surface area contributed by atoms with E-state index in [9.17, 15) is 5.11 Å². The van der Waals surface area contributed by atoms with E-state index in [4.69, 9.17) is 23.2 Å². The van der Waals surface area contributed by atoms with E-state index in [2.05, 4.69) is 6.92 Å². The van der Waals surface area contributed by atoms with Crippen molar-refractivity contribution < 1.29 is 5.11 Å². The summed E-state index contributed by atoms with van der Waals surface area (Å²) in [6.45, 7) is 2.11. The van der Waals surface area contributed by atoms with Crippen LogP contribution in [0, 0.1) is 0 Å². The molecule has 1 nitrogen and oxygen atoms in total. The Morgan fingerprint density at radius 2 is 1.65 bits per heavy atom. The maximum atomic E-state index is 10.6. The summed E-state index contributed by atoms with van der Waals surface area (Å²) in [5.41, 5.74) is 1.95. The van der Waals surface area contributed by atoms with Crippen LogP contribution in [-0.4, -0.2) is 5.11 Å². The third-order valence-corrected chi connectivity index (χ3v) is 4.23. The molecule has 0 amide bonds. The predicted octanol–water partition coefficient (Wildman–Crippen LogP) is 5.61. The highest BCUT2D eigenvalue weighted by atomic mass is 35.5. The minimum Gasteiger partial charge on any atom is -0.388 e. The van der Waals surface area contributed by atoms with E-state index in [-0.39, 0.29) is 5.92 Å². The van der Waals surface area contributed by atoms with Crippen LogP contribution in [0.3, 0.4) is 0 Å². The zero-order valence-corrected chi connectivity index (χ0v) is 12.9. The normalized spacial score (nSPS) is 14.0. The zero-order chi connectivity index (χ0) is 14.5. The summed E-state index contributed by atoms with van der Waals surface area (Å²) in [6, 6.07) is 15.3. The van der Waals surface area contributed by atoms with Crippen LogP contribution in [0.15, 0.2) is 48.5 Å². The number of rotatable bonds is 5. The first-order chi connectivity index (χ1) is 9.63. The predicted molar refractivity (Wildman–Crippen MR) is 85.5 cm³/mol. The molecule has 0 bridgehead atoms. The van der Waals surface area contributed by atoms with E-state index in [1.807, 2.05) is 42.5 Å². The second-order valence-corrected chi connectivity index (χ2v) is 5.74. The van der Waals surface area contributed by atoms with Crippen molar-refractivity contribution in [3.63, 3.8) is 0 Å². The van der Waals surface area contributed by atoms with Crippen molar-refractivity contribution in [2.75, 3.05) is 0 Å². The second kappa shape index (κ2) is 7.12. The van der Waals surface area contributed by atoms with Crippen molar-refractivity contribution in [3.8, 4) is 0 Å². The molecule has 0 spiro atoms. The molecule has 0 aromatic heterocycles. The van der Waals surface area contributed by atoms with Crippen LogP contribution in [0.5, 0.6) is 0 Å². The van der Waals surface area contributed by atoms with Crippen molar-refractivity contribution in [2.24, 2.45) is 0 Å². The largest absolute Gasteiger partial charge is 0.388 e. The Morgan fingerprint density at radius 1 is 0.950 bits per heavy atom. The molecule has 0 saturated carbocycles. The number of halogens is 2. The highest BCUT2D eigenvalue weighted by Crippen LogP contribution is 2.36. The molecule has 0 fully saturated rings. The van der Waals surface area contributed by atoms with Gasteiger partial charge in [-0.3, -0.25) is 0 Å². The van der Waals surface area contributed by atoms with Crippen LogP contribution in [0.2, 0.25) is 10.0 Å². The highest BCUT2D eigenvalue weighted by molar-refractivity contribution is 6.42. The summed E-state index contributed by atoms with van der Waals surface area (Å²) in [4.78, 5) is 0. The number of hydrogen-bond acceptors (Lipinski definition) is 1. The van der Waals surface area contributed by atoms with E-state index in [1.165, 1.54) is 0 Å². The maximum Gasteiger partial charge on any atom is 0.0858 e. The minimum absolute atomic E-state index is 0.0252. The van der Waals surface area contributed by atoms with Gasteiger partial charge in [0.1, 0.15) is 0 Å². The van der Waals surface area contributed by atoms with Crippen molar-refractivity contribution in [2.45, 2.75) is 31.8 Å². The zero-order valence-electron chi connectivity index (χ0n) is 11.4. The Morgan fingerprint density at radius 3 is 2.25 bits per heavy atom. The summed E-state index contributed by atoms with van der Waals surface area (Å²) in [7, 11) is 0. The fourth-order valence-electron chi connectivity index (χ4n) is 2.44. The van der Waals surface area contributed by atoms with Crippen LogP contribution >= 0.6 is 23.2 Å². The molecule has 2 atom stereocenters.